The molecule has 0 bridgehead atoms. The quantitative estimate of drug-likeness (QED) is 0.751. The Labute approximate surface area is 148 Å². The number of carbonyl (C=O) groups is 2. The number of hydrogen-bond donors (Lipinski definition) is 3. The van der Waals surface area contributed by atoms with E-state index in [1.165, 1.54) is 0 Å². The molecule has 0 aromatic heterocycles. The van der Waals surface area contributed by atoms with E-state index in [0.717, 1.165) is 5.56 Å². The minimum Gasteiger partial charge on any atom is -0.381 e. The van der Waals surface area contributed by atoms with Crippen LogP contribution in [0.25, 0.3) is 0 Å². The lowest BCUT2D eigenvalue weighted by Crippen LogP contribution is -2.46. The average Bonchev–Trinajstić information content (AvgIpc) is 2.57. The second-order valence-corrected chi connectivity index (χ2v) is 5.94. The Kier molecular flexibility index (Phi) is 7.66. The van der Waals surface area contributed by atoms with E-state index in [-0.39, 0.29) is 30.8 Å². The van der Waals surface area contributed by atoms with Crippen molar-refractivity contribution in [3.05, 3.63) is 29.3 Å². The van der Waals surface area contributed by atoms with Gasteiger partial charge in [0.25, 0.3) is 5.91 Å². The number of halogens is 1. The van der Waals surface area contributed by atoms with Crippen LogP contribution in [0.4, 0.5) is 5.69 Å². The third-order valence-corrected chi connectivity index (χ3v) is 4.41. The molecule has 1 aliphatic heterocycles. The van der Waals surface area contributed by atoms with Gasteiger partial charge in [0, 0.05) is 37.6 Å². The highest BCUT2D eigenvalue weighted by atomic mass is 35.5. The van der Waals surface area contributed by atoms with Crippen LogP contribution in [-0.2, 0) is 9.53 Å². The molecule has 7 heteroatoms. The lowest BCUT2D eigenvalue weighted by Gasteiger charge is -2.34. The Balaban J connectivity index is 0.00000288. The van der Waals surface area contributed by atoms with Crippen molar-refractivity contribution in [1.29, 1.82) is 0 Å². The highest BCUT2D eigenvalue weighted by molar-refractivity contribution is 5.99. The summed E-state index contributed by atoms with van der Waals surface area (Å²) in [5.41, 5.74) is 7.37. The zero-order valence-corrected chi connectivity index (χ0v) is 15.0. The van der Waals surface area contributed by atoms with Crippen LogP contribution in [0.2, 0.25) is 0 Å². The van der Waals surface area contributed by atoms with Crippen molar-refractivity contribution in [3.63, 3.8) is 0 Å². The first-order valence-corrected chi connectivity index (χ1v) is 8.00. The van der Waals surface area contributed by atoms with Gasteiger partial charge in [0.15, 0.2) is 0 Å². The molecule has 1 aliphatic rings. The number of rotatable bonds is 5. The van der Waals surface area contributed by atoms with E-state index in [1.807, 2.05) is 19.9 Å². The normalized spacial score (nSPS) is 16.0. The van der Waals surface area contributed by atoms with Crippen molar-refractivity contribution >= 4 is 29.9 Å². The number of nitrogens with one attached hydrogen (secondary N) is 2. The molecule has 134 valence electrons. The molecule has 1 heterocycles. The minimum atomic E-state index is -0.591. The lowest BCUT2D eigenvalue weighted by atomic mass is 9.79. The SMILES string of the molecule is CCNC(=O)c1ccc(C)c(NC(=O)C2(CN)CCOCC2)c1.Cl. The number of nitrogens with two attached hydrogens (primary N) is 1. The molecule has 4 N–H and O–H groups in total. The smallest absolute Gasteiger partial charge is 0.251 e. The molecule has 1 fully saturated rings. The molecule has 2 amide bonds. The van der Waals surface area contributed by atoms with E-state index in [1.54, 1.807) is 12.1 Å². The third kappa shape index (κ3) is 4.47. The predicted molar refractivity (Wildman–Crippen MR) is 96.6 cm³/mol. The van der Waals surface area contributed by atoms with Gasteiger partial charge in [-0.05, 0) is 44.4 Å². The topological polar surface area (TPSA) is 93.5 Å². The van der Waals surface area contributed by atoms with Gasteiger partial charge in [-0.25, -0.2) is 0 Å². The number of hydrogen-bond acceptors (Lipinski definition) is 4. The molecule has 0 spiro atoms. The van der Waals surface area contributed by atoms with Gasteiger partial charge in [-0.15, -0.1) is 12.4 Å². The Morgan fingerprint density at radius 3 is 2.54 bits per heavy atom. The summed E-state index contributed by atoms with van der Waals surface area (Å²) in [5.74, 6) is -0.248. The van der Waals surface area contributed by atoms with Gasteiger partial charge in [0.1, 0.15) is 0 Å². The fourth-order valence-corrected chi connectivity index (χ4v) is 2.70. The summed E-state index contributed by atoms with van der Waals surface area (Å²) in [6, 6.07) is 5.30. The Hall–Kier alpha value is -1.63. The highest BCUT2D eigenvalue weighted by Gasteiger charge is 2.38. The summed E-state index contributed by atoms with van der Waals surface area (Å²) in [5, 5.41) is 5.71. The van der Waals surface area contributed by atoms with Gasteiger partial charge in [0.2, 0.25) is 5.91 Å². The number of aryl methyl sites for hydroxylation is 1. The molecule has 0 atom stereocenters. The second kappa shape index (κ2) is 9.01. The van der Waals surface area contributed by atoms with E-state index in [2.05, 4.69) is 10.6 Å². The maximum atomic E-state index is 12.7. The van der Waals surface area contributed by atoms with Gasteiger partial charge in [-0.2, -0.15) is 0 Å². The van der Waals surface area contributed by atoms with Crippen molar-refractivity contribution in [2.75, 3.05) is 31.6 Å². The number of amides is 2. The molecule has 1 aromatic carbocycles. The van der Waals surface area contributed by atoms with Crippen molar-refractivity contribution in [2.45, 2.75) is 26.7 Å². The second-order valence-electron chi connectivity index (χ2n) is 5.94. The molecule has 2 rings (SSSR count). The highest BCUT2D eigenvalue weighted by Crippen LogP contribution is 2.31. The van der Waals surface area contributed by atoms with Gasteiger partial charge in [-0.1, -0.05) is 6.07 Å². The van der Waals surface area contributed by atoms with Gasteiger partial charge >= 0.3 is 0 Å². The number of carbonyl (C=O) groups excluding carboxylic acids is 2. The van der Waals surface area contributed by atoms with Gasteiger partial charge in [0.05, 0.1) is 5.41 Å². The third-order valence-electron chi connectivity index (χ3n) is 4.41. The molecule has 0 aliphatic carbocycles. The Morgan fingerprint density at radius 1 is 1.29 bits per heavy atom. The van der Waals surface area contributed by atoms with Crippen LogP contribution in [0.5, 0.6) is 0 Å². The van der Waals surface area contributed by atoms with Crippen molar-refractivity contribution in [1.82, 2.24) is 5.32 Å². The lowest BCUT2D eigenvalue weighted by molar-refractivity contribution is -0.130. The molecular formula is C17H26ClN3O3. The standard InChI is InChI=1S/C17H25N3O3.ClH/c1-3-19-15(21)13-5-4-12(2)14(10-13)20-16(22)17(11-18)6-8-23-9-7-17;/h4-5,10H,3,6-9,11,18H2,1-2H3,(H,19,21)(H,20,22);1H. The summed E-state index contributed by atoms with van der Waals surface area (Å²) in [6.07, 6.45) is 1.23. The molecule has 24 heavy (non-hydrogen) atoms. The first-order chi connectivity index (χ1) is 11.0. The van der Waals surface area contributed by atoms with E-state index >= 15 is 0 Å². The first kappa shape index (κ1) is 20.4. The minimum absolute atomic E-state index is 0. The van der Waals surface area contributed by atoms with Gasteiger partial charge in [-0.3, -0.25) is 9.59 Å². The number of benzene rings is 1. The van der Waals surface area contributed by atoms with Crippen LogP contribution in [0.1, 0.15) is 35.7 Å². The number of anilines is 1. The van der Waals surface area contributed by atoms with Crippen LogP contribution in [0.15, 0.2) is 18.2 Å². The van der Waals surface area contributed by atoms with Gasteiger partial charge < -0.3 is 21.1 Å². The molecule has 1 aromatic rings. The molecular weight excluding hydrogens is 330 g/mol. The van der Waals surface area contributed by atoms with Crippen molar-refractivity contribution in [2.24, 2.45) is 11.1 Å². The maximum Gasteiger partial charge on any atom is 0.251 e. The summed E-state index contributed by atoms with van der Waals surface area (Å²) in [4.78, 5) is 24.7. The van der Waals surface area contributed by atoms with Crippen molar-refractivity contribution < 1.29 is 14.3 Å². The van der Waals surface area contributed by atoms with Crippen LogP contribution >= 0.6 is 12.4 Å². The molecule has 0 unspecified atom stereocenters. The zero-order chi connectivity index (χ0) is 16.9. The average molecular weight is 356 g/mol. The van der Waals surface area contributed by atoms with Crippen LogP contribution in [0, 0.1) is 12.3 Å². The van der Waals surface area contributed by atoms with Crippen LogP contribution in [-0.4, -0.2) is 38.1 Å². The summed E-state index contributed by atoms with van der Waals surface area (Å²) in [6.45, 7) is 5.70. The zero-order valence-electron chi connectivity index (χ0n) is 14.2. The van der Waals surface area contributed by atoms with E-state index < -0.39 is 5.41 Å². The molecule has 1 saturated heterocycles. The van der Waals surface area contributed by atoms with E-state index in [9.17, 15) is 9.59 Å². The van der Waals surface area contributed by atoms with Crippen molar-refractivity contribution in [3.8, 4) is 0 Å². The maximum absolute atomic E-state index is 12.7. The summed E-state index contributed by atoms with van der Waals surface area (Å²) < 4.78 is 5.34. The fraction of sp³-hybridized carbons (Fsp3) is 0.529. The van der Waals surface area contributed by atoms with E-state index in [4.69, 9.17) is 10.5 Å². The first-order valence-electron chi connectivity index (χ1n) is 8.00. The molecule has 0 saturated carbocycles. The molecule has 6 nitrogen and oxygen atoms in total. The predicted octanol–water partition coefficient (Wildman–Crippen LogP) is 1.86. The largest absolute Gasteiger partial charge is 0.381 e. The van der Waals surface area contributed by atoms with E-state index in [0.29, 0.717) is 43.9 Å². The molecule has 0 radical (unpaired) electrons. The summed E-state index contributed by atoms with van der Waals surface area (Å²) >= 11 is 0. The van der Waals surface area contributed by atoms with Crippen LogP contribution in [0.3, 0.4) is 0 Å². The Bertz CT molecular complexity index is 586. The number of ether oxygens (including phenoxy) is 1. The Morgan fingerprint density at radius 2 is 1.96 bits per heavy atom. The monoisotopic (exact) mass is 355 g/mol. The fourth-order valence-electron chi connectivity index (χ4n) is 2.70. The van der Waals surface area contributed by atoms with Crippen LogP contribution < -0.4 is 16.4 Å². The summed E-state index contributed by atoms with van der Waals surface area (Å²) in [7, 11) is 0.